The molecule has 248 valence electrons. The van der Waals surface area contributed by atoms with Crippen molar-refractivity contribution in [3.05, 3.63) is 89.5 Å². The summed E-state index contributed by atoms with van der Waals surface area (Å²) in [5, 5.41) is 13.9. The molecule has 0 radical (unpaired) electrons. The number of para-hydroxylation sites is 1. The van der Waals surface area contributed by atoms with Crippen molar-refractivity contribution in [2.45, 2.75) is 63.0 Å². The minimum absolute atomic E-state index is 0.0459. The Morgan fingerprint density at radius 3 is 2.51 bits per heavy atom. The van der Waals surface area contributed by atoms with Gasteiger partial charge in [0.1, 0.15) is 23.7 Å². The molecule has 4 aliphatic rings. The van der Waals surface area contributed by atoms with E-state index in [9.17, 15) is 24.3 Å². The molecule has 6 rings (SSSR count). The first-order valence-corrected chi connectivity index (χ1v) is 16.6. The molecule has 1 spiro atoms. The number of hydrogen-bond donors (Lipinski definition) is 2. The van der Waals surface area contributed by atoms with Crippen LogP contribution in [0.2, 0.25) is 5.02 Å². The van der Waals surface area contributed by atoms with E-state index in [0.717, 1.165) is 0 Å². The molecule has 8 atom stereocenters. The van der Waals surface area contributed by atoms with Crippen LogP contribution >= 0.6 is 11.6 Å². The molecule has 0 saturated carbocycles. The predicted octanol–water partition coefficient (Wildman–Crippen LogP) is 3.98. The van der Waals surface area contributed by atoms with Crippen LogP contribution in [0.3, 0.4) is 0 Å². The van der Waals surface area contributed by atoms with Crippen molar-refractivity contribution < 1.29 is 33.8 Å². The van der Waals surface area contributed by atoms with E-state index < -0.39 is 59.5 Å². The van der Waals surface area contributed by atoms with E-state index >= 15 is 0 Å². The van der Waals surface area contributed by atoms with Gasteiger partial charge >= 0.3 is 5.97 Å². The summed E-state index contributed by atoms with van der Waals surface area (Å²) in [6.45, 7) is 3.65. The molecule has 0 aromatic heterocycles. The van der Waals surface area contributed by atoms with Gasteiger partial charge in [0.2, 0.25) is 11.8 Å². The van der Waals surface area contributed by atoms with Gasteiger partial charge in [-0.05, 0) is 30.0 Å². The number of carbonyl (C=O) groups excluding carboxylic acids is 4. The third-order valence-corrected chi connectivity index (χ3v) is 10.3. The molecule has 4 aliphatic heterocycles. The summed E-state index contributed by atoms with van der Waals surface area (Å²) in [7, 11) is 0. The number of amides is 3. The van der Waals surface area contributed by atoms with Gasteiger partial charge in [0.15, 0.2) is 0 Å². The lowest BCUT2D eigenvalue weighted by molar-refractivity contribution is -0.160. The van der Waals surface area contributed by atoms with Crippen molar-refractivity contribution >= 4 is 41.0 Å². The first-order chi connectivity index (χ1) is 22.7. The van der Waals surface area contributed by atoms with Gasteiger partial charge in [0.05, 0.1) is 41.9 Å². The van der Waals surface area contributed by atoms with E-state index in [1.54, 1.807) is 42.5 Å². The molecule has 2 saturated heterocycles. The summed E-state index contributed by atoms with van der Waals surface area (Å²) in [6.07, 6.45) is 6.70. The number of benzene rings is 2. The number of anilines is 1. The number of cyclic esters (lactones) is 1. The smallest absolute Gasteiger partial charge is 0.313 e. The number of halogens is 1. The zero-order chi connectivity index (χ0) is 33.3. The molecule has 2 aromatic carbocycles. The number of allylic oxidation sites excluding steroid dienone is 1. The van der Waals surface area contributed by atoms with Crippen LogP contribution in [0.4, 0.5) is 5.69 Å². The molecule has 3 amide bonds. The van der Waals surface area contributed by atoms with Gasteiger partial charge in [0.25, 0.3) is 5.91 Å². The number of rotatable bonds is 6. The van der Waals surface area contributed by atoms with Crippen LogP contribution < -0.4 is 10.2 Å². The van der Waals surface area contributed by atoms with Gasteiger partial charge in [-0.15, -0.1) is 0 Å². The third-order valence-electron chi connectivity index (χ3n) is 9.98. The van der Waals surface area contributed by atoms with E-state index in [1.807, 2.05) is 50.3 Å². The Hall–Kier alpha value is -3.99. The van der Waals surface area contributed by atoms with Gasteiger partial charge < -0.3 is 29.7 Å². The number of esters is 1. The zero-order valence-electron chi connectivity index (χ0n) is 26.5. The van der Waals surface area contributed by atoms with Crippen molar-refractivity contribution in [2.24, 2.45) is 17.8 Å². The van der Waals surface area contributed by atoms with E-state index in [0.29, 0.717) is 29.1 Å². The summed E-state index contributed by atoms with van der Waals surface area (Å²) in [4.78, 5) is 59.6. The summed E-state index contributed by atoms with van der Waals surface area (Å²) < 4.78 is 12.7. The molecule has 11 heteroatoms. The minimum atomic E-state index is -1.48. The monoisotopic (exact) mass is 661 g/mol. The second kappa shape index (κ2) is 13.6. The molecular formula is C36H40ClN3O7. The van der Waals surface area contributed by atoms with Crippen LogP contribution in [0.25, 0.3) is 0 Å². The Balaban J connectivity index is 1.48. The summed E-state index contributed by atoms with van der Waals surface area (Å²) in [5.74, 6) is -4.06. The molecule has 10 nitrogen and oxygen atoms in total. The topological polar surface area (TPSA) is 125 Å². The number of carbonyl (C=O) groups is 4. The zero-order valence-corrected chi connectivity index (χ0v) is 27.2. The standard InChI is InChI=1S/C36H40ClN3O7/c1-3-22(2)26(21-41)40-32-34(44)39(25-15-10-9-14-24(25)37)19-11-5-8-16-29(42)38-20-28(23-12-6-4-7-13-23)46-35(45)30-27-17-18-36(32,47-27)31(30)33(40)43/h4-7,9-15,17-18,22,26-28,30-32,41H,3,8,16,19-21H2,1-2H3,(H,38,42)/b11-5-/t22-,26-,27+,28+,30-,31-,32+,36-/m0/s1. The fraction of sp³-hybridized carbons (Fsp3) is 0.444. The molecule has 0 aliphatic carbocycles. The van der Waals surface area contributed by atoms with Crippen LogP contribution in [0.15, 0.2) is 78.9 Å². The van der Waals surface area contributed by atoms with Gasteiger partial charge in [-0.25, -0.2) is 0 Å². The number of aliphatic hydroxyl groups excluding tert-OH is 1. The largest absolute Gasteiger partial charge is 0.455 e. The molecule has 5 bridgehead atoms. The number of nitrogens with zero attached hydrogens (tertiary/aromatic N) is 2. The van der Waals surface area contributed by atoms with Gasteiger partial charge in [-0.2, -0.15) is 0 Å². The van der Waals surface area contributed by atoms with Crippen molar-refractivity contribution in [2.75, 3.05) is 24.6 Å². The molecule has 4 heterocycles. The summed E-state index contributed by atoms with van der Waals surface area (Å²) in [6, 6.07) is 14.1. The lowest BCUT2D eigenvalue weighted by Gasteiger charge is -2.40. The molecule has 0 unspecified atom stereocenters. The highest BCUT2D eigenvalue weighted by Gasteiger charge is 2.74. The number of fused-ring (bicyclic) bond motifs is 2. The Labute approximate surface area is 279 Å². The van der Waals surface area contributed by atoms with Crippen LogP contribution in [0, 0.1) is 17.8 Å². The Morgan fingerprint density at radius 2 is 1.79 bits per heavy atom. The fourth-order valence-corrected chi connectivity index (χ4v) is 7.61. The van der Waals surface area contributed by atoms with Crippen LogP contribution in [0.1, 0.15) is 44.8 Å². The molecule has 2 fully saturated rings. The number of likely N-dealkylation sites (tertiary alicyclic amines) is 1. The average Bonchev–Trinajstić information content (AvgIpc) is 3.72. The fourth-order valence-electron chi connectivity index (χ4n) is 7.37. The molecule has 2 N–H and O–H groups in total. The number of ether oxygens (including phenoxy) is 2. The third kappa shape index (κ3) is 5.87. The molecule has 47 heavy (non-hydrogen) atoms. The lowest BCUT2D eigenvalue weighted by Crippen LogP contribution is -2.59. The average molecular weight is 662 g/mol. The maximum Gasteiger partial charge on any atom is 0.313 e. The van der Waals surface area contributed by atoms with Gasteiger partial charge in [-0.1, -0.05) is 98.6 Å². The lowest BCUT2D eigenvalue weighted by atomic mass is 9.74. The van der Waals surface area contributed by atoms with Crippen LogP contribution in [-0.2, 0) is 28.7 Å². The maximum absolute atomic E-state index is 15.0. The highest BCUT2D eigenvalue weighted by atomic mass is 35.5. The highest BCUT2D eigenvalue weighted by Crippen LogP contribution is 2.57. The van der Waals surface area contributed by atoms with Crippen molar-refractivity contribution in [1.82, 2.24) is 10.2 Å². The maximum atomic E-state index is 15.0. The van der Waals surface area contributed by atoms with Crippen molar-refractivity contribution in [1.29, 1.82) is 0 Å². The first-order valence-electron chi connectivity index (χ1n) is 16.2. The number of hydrogen-bond acceptors (Lipinski definition) is 7. The van der Waals surface area contributed by atoms with Crippen molar-refractivity contribution in [3.63, 3.8) is 0 Å². The first kappa shape index (κ1) is 32.9. The van der Waals surface area contributed by atoms with Crippen molar-refractivity contribution in [3.8, 4) is 0 Å². The minimum Gasteiger partial charge on any atom is -0.455 e. The van der Waals surface area contributed by atoms with Gasteiger partial charge in [0, 0.05) is 13.0 Å². The number of nitrogens with one attached hydrogen (secondary N) is 1. The van der Waals surface area contributed by atoms with E-state index in [-0.39, 0.29) is 37.9 Å². The Bertz CT molecular complexity index is 1580. The second-order valence-electron chi connectivity index (χ2n) is 12.6. The molecular weight excluding hydrogens is 622 g/mol. The quantitative estimate of drug-likeness (QED) is 0.354. The number of aliphatic hydroxyl groups is 1. The van der Waals surface area contributed by atoms with E-state index in [4.69, 9.17) is 21.1 Å². The highest BCUT2D eigenvalue weighted by molar-refractivity contribution is 6.34. The van der Waals surface area contributed by atoms with E-state index in [1.165, 1.54) is 9.80 Å². The normalized spacial score (nSPS) is 31.4. The predicted molar refractivity (Wildman–Crippen MR) is 175 cm³/mol. The second-order valence-corrected chi connectivity index (χ2v) is 13.0. The van der Waals surface area contributed by atoms with Gasteiger partial charge in [-0.3, -0.25) is 19.2 Å². The molecule has 2 aromatic rings. The van der Waals surface area contributed by atoms with E-state index in [2.05, 4.69) is 5.32 Å². The van der Waals surface area contributed by atoms with Crippen LogP contribution in [-0.4, -0.2) is 77.2 Å². The summed E-state index contributed by atoms with van der Waals surface area (Å²) >= 11 is 6.64. The Morgan fingerprint density at radius 1 is 1.04 bits per heavy atom. The Kier molecular flexibility index (Phi) is 9.55. The summed E-state index contributed by atoms with van der Waals surface area (Å²) in [5.41, 5.74) is -0.348. The van der Waals surface area contributed by atoms with Crippen LogP contribution in [0.5, 0.6) is 0 Å². The SMILES string of the molecule is CC[C@H](C)[C@H](CO)N1C(=O)[C@@H]2[C@H]3C(=O)O[C@@H](c4ccccc4)CNC(=O)CC/C=C\CN(c4ccccc4Cl)C(=O)[C@@H]1[C@]21C=C[C@H]3O1.